The molecule has 5 aliphatic rings. The minimum Gasteiger partial charge on any atom is -0.493 e. The molecule has 260 valence electrons. The Morgan fingerprint density at radius 2 is 1.77 bits per heavy atom. The molecular weight excluding hydrogens is 632 g/mol. The zero-order chi connectivity index (χ0) is 34.1. The minimum absolute atomic E-state index is 0.0858. The number of hydrogen-bond acceptors (Lipinski definition) is 14. The fourth-order valence-electron chi connectivity index (χ4n) is 8.11. The second-order valence-electron chi connectivity index (χ2n) is 13.2. The van der Waals surface area contributed by atoms with Gasteiger partial charge in [0.1, 0.15) is 47.9 Å². The van der Waals surface area contributed by atoms with Gasteiger partial charge in [-0.05, 0) is 56.2 Å². The van der Waals surface area contributed by atoms with Crippen LogP contribution in [-0.4, -0.2) is 94.7 Å². The lowest BCUT2D eigenvalue weighted by Crippen LogP contribution is -2.71. The van der Waals surface area contributed by atoms with Crippen molar-refractivity contribution < 1.29 is 63.2 Å². The second kappa shape index (κ2) is 11.9. The minimum atomic E-state index is -2.11. The fraction of sp³-hybridized carbons (Fsp3) is 0.576. The van der Waals surface area contributed by atoms with Crippen LogP contribution in [0.4, 0.5) is 0 Å². The summed E-state index contributed by atoms with van der Waals surface area (Å²) in [6, 6.07) is 7.51. The normalized spacial score (nSPS) is 31.4. The van der Waals surface area contributed by atoms with Crippen LogP contribution in [-0.2, 0) is 25.5 Å². The van der Waals surface area contributed by atoms with Gasteiger partial charge in [-0.25, -0.2) is 0 Å². The Morgan fingerprint density at radius 1 is 1.02 bits per heavy atom. The SMILES string of the molecule is COc1ccc2c(c1OC)OC1c3cc4c(cc3OC3(CCCC3)C21)OC1OC(C(OC(=O)CC(=O)O)C(N)N)C(O)C(O)C1(O)CC4. The van der Waals surface area contributed by atoms with E-state index in [0.717, 1.165) is 36.8 Å². The number of ether oxygens (including phenoxy) is 7. The topological polar surface area (TPSA) is 232 Å². The highest BCUT2D eigenvalue weighted by Crippen LogP contribution is 2.64. The highest BCUT2D eigenvalue weighted by molar-refractivity contribution is 5.90. The number of aliphatic hydroxyl groups is 3. The van der Waals surface area contributed by atoms with Gasteiger partial charge in [0.05, 0.1) is 26.3 Å². The van der Waals surface area contributed by atoms with Gasteiger partial charge in [-0.3, -0.25) is 9.59 Å². The summed E-state index contributed by atoms with van der Waals surface area (Å²) in [7, 11) is 3.14. The first-order chi connectivity index (χ1) is 22.9. The molecule has 8 unspecified atom stereocenters. The van der Waals surface area contributed by atoms with Crippen molar-refractivity contribution in [3.8, 4) is 28.7 Å². The number of esters is 1. The number of aliphatic carboxylic acids is 1. The van der Waals surface area contributed by atoms with E-state index in [-0.39, 0.29) is 18.8 Å². The average molecular weight is 673 g/mol. The number of methoxy groups -OCH3 is 2. The molecule has 15 nitrogen and oxygen atoms in total. The fourth-order valence-corrected chi connectivity index (χ4v) is 8.11. The van der Waals surface area contributed by atoms with Crippen LogP contribution in [0.2, 0.25) is 0 Å². The van der Waals surface area contributed by atoms with E-state index in [4.69, 9.17) is 49.7 Å². The molecule has 7 rings (SSSR count). The molecule has 15 heteroatoms. The van der Waals surface area contributed by atoms with Gasteiger partial charge in [-0.15, -0.1) is 0 Å². The highest BCUT2D eigenvalue weighted by Gasteiger charge is 2.61. The smallest absolute Gasteiger partial charge is 0.317 e. The lowest BCUT2D eigenvalue weighted by atomic mass is 9.73. The number of rotatable bonds is 7. The average Bonchev–Trinajstić information content (AvgIpc) is 3.64. The van der Waals surface area contributed by atoms with E-state index in [9.17, 15) is 24.9 Å². The molecule has 4 heterocycles. The van der Waals surface area contributed by atoms with Crippen LogP contribution >= 0.6 is 0 Å². The summed E-state index contributed by atoms with van der Waals surface area (Å²) < 4.78 is 42.3. The molecule has 1 aliphatic carbocycles. The van der Waals surface area contributed by atoms with Crippen LogP contribution in [0.3, 0.4) is 0 Å². The molecule has 0 aromatic heterocycles. The van der Waals surface area contributed by atoms with Crippen molar-refractivity contribution in [2.24, 2.45) is 11.5 Å². The van der Waals surface area contributed by atoms with Crippen LogP contribution in [0.1, 0.15) is 67.2 Å². The molecule has 1 saturated heterocycles. The van der Waals surface area contributed by atoms with Gasteiger partial charge in [0.2, 0.25) is 12.0 Å². The molecule has 4 aliphatic heterocycles. The van der Waals surface area contributed by atoms with Gasteiger partial charge >= 0.3 is 11.9 Å². The van der Waals surface area contributed by atoms with Gasteiger partial charge in [-0.1, -0.05) is 6.07 Å². The molecule has 1 spiro atoms. The van der Waals surface area contributed by atoms with Crippen molar-refractivity contribution in [1.29, 1.82) is 0 Å². The summed E-state index contributed by atoms with van der Waals surface area (Å²) in [6.45, 7) is 0. The highest BCUT2D eigenvalue weighted by atomic mass is 16.7. The van der Waals surface area contributed by atoms with E-state index in [2.05, 4.69) is 0 Å². The molecule has 48 heavy (non-hydrogen) atoms. The van der Waals surface area contributed by atoms with Crippen LogP contribution < -0.4 is 35.2 Å². The Balaban J connectivity index is 1.24. The van der Waals surface area contributed by atoms with Gasteiger partial charge in [0.25, 0.3) is 0 Å². The number of carbonyl (C=O) groups is 2. The second-order valence-corrected chi connectivity index (χ2v) is 13.2. The van der Waals surface area contributed by atoms with E-state index in [1.807, 2.05) is 18.2 Å². The lowest BCUT2D eigenvalue weighted by Gasteiger charge is -2.49. The quantitative estimate of drug-likeness (QED) is 0.135. The van der Waals surface area contributed by atoms with E-state index in [1.54, 1.807) is 20.3 Å². The van der Waals surface area contributed by atoms with E-state index < -0.39 is 72.5 Å². The number of nitrogens with two attached hydrogens (primary N) is 2. The van der Waals surface area contributed by atoms with Crippen LogP contribution in [0.25, 0.3) is 0 Å². The maximum absolute atomic E-state index is 12.2. The van der Waals surface area contributed by atoms with Gasteiger partial charge in [0, 0.05) is 17.2 Å². The number of carbonyl (C=O) groups excluding carboxylic acids is 1. The Kier molecular flexibility index (Phi) is 8.12. The molecule has 0 amide bonds. The molecule has 8 N–H and O–H groups in total. The summed E-state index contributed by atoms with van der Waals surface area (Å²) in [4.78, 5) is 23.2. The van der Waals surface area contributed by atoms with Crippen molar-refractivity contribution in [3.05, 3.63) is 41.0 Å². The lowest BCUT2D eigenvalue weighted by molar-refractivity contribution is -0.329. The number of carboxylic acids is 1. The number of aliphatic hydroxyl groups excluding tert-OH is 2. The Labute approximate surface area is 275 Å². The Hall–Kier alpha value is -3.86. The van der Waals surface area contributed by atoms with Crippen molar-refractivity contribution in [3.63, 3.8) is 0 Å². The Bertz CT molecular complexity index is 1610. The van der Waals surface area contributed by atoms with Gasteiger partial charge in [-0.2, -0.15) is 0 Å². The zero-order valence-corrected chi connectivity index (χ0v) is 26.5. The first-order valence-electron chi connectivity index (χ1n) is 16.0. The third kappa shape index (κ3) is 5.02. The maximum atomic E-state index is 12.2. The van der Waals surface area contributed by atoms with E-state index in [1.165, 1.54) is 0 Å². The molecule has 2 aromatic rings. The van der Waals surface area contributed by atoms with Crippen molar-refractivity contribution in [1.82, 2.24) is 0 Å². The van der Waals surface area contributed by atoms with Crippen molar-refractivity contribution in [2.45, 2.75) is 105 Å². The summed E-state index contributed by atoms with van der Waals surface area (Å²) in [6.07, 6.45) is -7.54. The third-order valence-electron chi connectivity index (χ3n) is 10.4. The largest absolute Gasteiger partial charge is 0.493 e. The Morgan fingerprint density at radius 3 is 2.44 bits per heavy atom. The van der Waals surface area contributed by atoms with Crippen molar-refractivity contribution >= 4 is 11.9 Å². The summed E-state index contributed by atoms with van der Waals surface area (Å²) in [5.41, 5.74) is 11.4. The summed E-state index contributed by atoms with van der Waals surface area (Å²) in [5, 5.41) is 43.0. The molecule has 0 bridgehead atoms. The first-order valence-corrected chi connectivity index (χ1v) is 16.0. The predicted octanol–water partition coefficient (Wildman–Crippen LogP) is 0.759. The number of hydrogen-bond donors (Lipinski definition) is 6. The monoisotopic (exact) mass is 672 g/mol. The van der Waals surface area contributed by atoms with Crippen molar-refractivity contribution in [2.75, 3.05) is 14.2 Å². The first kappa shape index (κ1) is 32.7. The maximum Gasteiger partial charge on any atom is 0.317 e. The van der Waals surface area contributed by atoms with Crippen LogP contribution in [0, 0.1) is 0 Å². The standard InChI is InChI=1S/C33H40N2O13/c1-42-17-6-5-15-22-24(46-25(15)26(17)43-2)16-11-14-7-10-33(41)29(40)23(39)27(28(30(34)35)45-21(38)13-20(36)37)47-31(33)44-18(14)12-19(16)48-32(22)8-3-4-9-32/h5-6,11-12,22-24,27-31,39-41H,3-4,7-10,13,34-35H2,1-2H3,(H,36,37). The molecule has 2 aromatic carbocycles. The third-order valence-corrected chi connectivity index (χ3v) is 10.4. The van der Waals surface area contributed by atoms with E-state index >= 15 is 0 Å². The van der Waals surface area contributed by atoms with Gasteiger partial charge in [0.15, 0.2) is 23.2 Å². The molecule has 0 radical (unpaired) electrons. The van der Waals surface area contributed by atoms with Gasteiger partial charge < -0.3 is 65.1 Å². The van der Waals surface area contributed by atoms with Crippen LogP contribution in [0.15, 0.2) is 24.3 Å². The molecular formula is C33H40N2O13. The number of carboxylic acid groups (broad SMARTS) is 1. The summed E-state index contributed by atoms with van der Waals surface area (Å²) in [5.74, 6) is -0.233. The molecule has 8 atom stereocenters. The number of aryl methyl sites for hydroxylation is 1. The molecule has 2 fully saturated rings. The zero-order valence-electron chi connectivity index (χ0n) is 26.5. The number of fused-ring (bicyclic) bond motifs is 8. The number of benzene rings is 2. The van der Waals surface area contributed by atoms with Crippen LogP contribution in [0.5, 0.6) is 28.7 Å². The van der Waals surface area contributed by atoms with E-state index in [0.29, 0.717) is 34.3 Å². The molecule has 1 saturated carbocycles. The predicted molar refractivity (Wildman–Crippen MR) is 163 cm³/mol. The summed E-state index contributed by atoms with van der Waals surface area (Å²) >= 11 is 0.